The molecule has 1 unspecified atom stereocenters. The van der Waals surface area contributed by atoms with Gasteiger partial charge in [0.25, 0.3) is 0 Å². The van der Waals surface area contributed by atoms with Crippen LogP contribution in [0, 0.1) is 0 Å². The monoisotopic (exact) mass is 241 g/mol. The summed E-state index contributed by atoms with van der Waals surface area (Å²) < 4.78 is 5.08. The molecule has 1 aromatic carbocycles. The number of nitrogens with one attached hydrogen (secondary N) is 1. The molecule has 0 saturated carbocycles. The van der Waals surface area contributed by atoms with Gasteiger partial charge in [-0.2, -0.15) is 0 Å². The number of carbonyl (C=O) groups excluding carboxylic acids is 1. The number of ketones is 1. The summed E-state index contributed by atoms with van der Waals surface area (Å²) in [6.07, 6.45) is 0.457. The van der Waals surface area contributed by atoms with Gasteiger partial charge in [-0.15, -0.1) is 0 Å². The standard InChI is InChI=1S/C12H16ClNO2/c1-8(15)6-11(14-2)9-4-5-12(16-3)10(13)7-9/h4-5,7,11,14H,6H2,1-3H3. The highest BCUT2D eigenvalue weighted by Gasteiger charge is 2.13. The van der Waals surface area contributed by atoms with Crippen molar-refractivity contribution in [2.75, 3.05) is 14.2 Å². The van der Waals surface area contributed by atoms with Gasteiger partial charge in [-0.1, -0.05) is 17.7 Å². The van der Waals surface area contributed by atoms with Gasteiger partial charge < -0.3 is 10.1 Å². The van der Waals surface area contributed by atoms with Gasteiger partial charge in [0, 0.05) is 12.5 Å². The van der Waals surface area contributed by atoms with E-state index >= 15 is 0 Å². The van der Waals surface area contributed by atoms with E-state index in [-0.39, 0.29) is 11.8 Å². The first-order valence-electron chi connectivity index (χ1n) is 5.08. The lowest BCUT2D eigenvalue weighted by Crippen LogP contribution is -2.18. The molecule has 0 fully saturated rings. The Morgan fingerprint density at radius 1 is 1.56 bits per heavy atom. The Morgan fingerprint density at radius 2 is 2.25 bits per heavy atom. The predicted octanol–water partition coefficient (Wildman–Crippen LogP) is 2.59. The average Bonchev–Trinajstić information content (AvgIpc) is 2.25. The highest BCUT2D eigenvalue weighted by atomic mass is 35.5. The lowest BCUT2D eigenvalue weighted by atomic mass is 10.0. The second-order valence-electron chi connectivity index (χ2n) is 3.64. The summed E-state index contributed by atoms with van der Waals surface area (Å²) in [6.45, 7) is 1.58. The number of benzene rings is 1. The van der Waals surface area contributed by atoms with Gasteiger partial charge in [-0.3, -0.25) is 4.79 Å². The maximum atomic E-state index is 11.1. The summed E-state index contributed by atoms with van der Waals surface area (Å²) in [4.78, 5) is 11.1. The van der Waals surface area contributed by atoms with Gasteiger partial charge in [0.05, 0.1) is 12.1 Å². The molecule has 0 aliphatic carbocycles. The van der Waals surface area contributed by atoms with Crippen LogP contribution in [0.1, 0.15) is 24.9 Å². The third-order valence-corrected chi connectivity index (χ3v) is 2.71. The summed E-state index contributed by atoms with van der Waals surface area (Å²) in [5.41, 5.74) is 0.989. The number of halogens is 1. The van der Waals surface area contributed by atoms with Crippen LogP contribution in [0.4, 0.5) is 0 Å². The zero-order chi connectivity index (χ0) is 12.1. The van der Waals surface area contributed by atoms with Crippen LogP contribution in [0.15, 0.2) is 18.2 Å². The van der Waals surface area contributed by atoms with Crippen LogP contribution in [-0.4, -0.2) is 19.9 Å². The molecule has 16 heavy (non-hydrogen) atoms. The lowest BCUT2D eigenvalue weighted by molar-refractivity contribution is -0.117. The normalized spacial score (nSPS) is 12.2. The van der Waals surface area contributed by atoms with Crippen molar-refractivity contribution in [2.24, 2.45) is 0 Å². The lowest BCUT2D eigenvalue weighted by Gasteiger charge is -2.16. The first-order chi connectivity index (χ1) is 7.58. The van der Waals surface area contributed by atoms with Crippen LogP contribution < -0.4 is 10.1 Å². The molecule has 0 aliphatic heterocycles. The molecule has 1 atom stereocenters. The third kappa shape index (κ3) is 3.22. The maximum absolute atomic E-state index is 11.1. The van der Waals surface area contributed by atoms with Gasteiger partial charge in [0.2, 0.25) is 0 Å². The van der Waals surface area contributed by atoms with Gasteiger partial charge in [0.1, 0.15) is 11.5 Å². The molecule has 1 rings (SSSR count). The van der Waals surface area contributed by atoms with Crippen LogP contribution in [0.5, 0.6) is 5.75 Å². The van der Waals surface area contributed by atoms with E-state index in [0.29, 0.717) is 17.2 Å². The van der Waals surface area contributed by atoms with Gasteiger partial charge in [-0.05, 0) is 31.7 Å². The molecule has 4 heteroatoms. The Labute approximate surface area is 101 Å². The number of carbonyl (C=O) groups is 1. The zero-order valence-electron chi connectivity index (χ0n) is 9.71. The van der Waals surface area contributed by atoms with Gasteiger partial charge in [0.15, 0.2) is 0 Å². The summed E-state index contributed by atoms with van der Waals surface area (Å²) in [6, 6.07) is 5.54. The molecular formula is C12H16ClNO2. The molecular weight excluding hydrogens is 226 g/mol. The molecule has 0 amide bonds. The summed E-state index contributed by atoms with van der Waals surface area (Å²) >= 11 is 6.03. The van der Waals surface area contributed by atoms with Crippen molar-refractivity contribution < 1.29 is 9.53 Å². The molecule has 0 spiro atoms. The van der Waals surface area contributed by atoms with E-state index in [1.54, 1.807) is 14.0 Å². The molecule has 0 heterocycles. The largest absolute Gasteiger partial charge is 0.495 e. The fourth-order valence-electron chi connectivity index (χ4n) is 1.57. The SMILES string of the molecule is CNC(CC(C)=O)c1ccc(OC)c(Cl)c1. The van der Waals surface area contributed by atoms with Crippen molar-refractivity contribution in [3.05, 3.63) is 28.8 Å². The van der Waals surface area contributed by atoms with Crippen LogP contribution in [0.2, 0.25) is 5.02 Å². The van der Waals surface area contributed by atoms with Crippen LogP contribution in [0.25, 0.3) is 0 Å². The van der Waals surface area contributed by atoms with Crippen molar-refractivity contribution in [2.45, 2.75) is 19.4 Å². The molecule has 0 aliphatic rings. The summed E-state index contributed by atoms with van der Waals surface area (Å²) in [5, 5.41) is 3.65. The van der Waals surface area contributed by atoms with Crippen molar-refractivity contribution in [1.29, 1.82) is 0 Å². The first-order valence-corrected chi connectivity index (χ1v) is 5.46. The van der Waals surface area contributed by atoms with E-state index in [1.807, 2.05) is 25.2 Å². The smallest absolute Gasteiger partial charge is 0.137 e. The Balaban J connectivity index is 2.93. The summed E-state index contributed by atoms with van der Waals surface area (Å²) in [5.74, 6) is 0.786. The van der Waals surface area contributed by atoms with Crippen molar-refractivity contribution in [1.82, 2.24) is 5.32 Å². The fourth-order valence-corrected chi connectivity index (χ4v) is 1.84. The Kier molecular flexibility index (Phi) is 4.77. The van der Waals surface area contributed by atoms with E-state index in [9.17, 15) is 4.79 Å². The van der Waals surface area contributed by atoms with Crippen molar-refractivity contribution >= 4 is 17.4 Å². The second kappa shape index (κ2) is 5.87. The molecule has 88 valence electrons. The molecule has 3 nitrogen and oxygen atoms in total. The van der Waals surface area contributed by atoms with E-state index in [4.69, 9.17) is 16.3 Å². The Morgan fingerprint density at radius 3 is 2.69 bits per heavy atom. The number of hydrogen-bond acceptors (Lipinski definition) is 3. The van der Waals surface area contributed by atoms with Gasteiger partial charge >= 0.3 is 0 Å². The first kappa shape index (κ1) is 13.0. The highest BCUT2D eigenvalue weighted by Crippen LogP contribution is 2.28. The number of Topliss-reactive ketones (excluding diaryl/α,β-unsaturated/α-hetero) is 1. The van der Waals surface area contributed by atoms with Gasteiger partial charge in [-0.25, -0.2) is 0 Å². The predicted molar refractivity (Wildman–Crippen MR) is 65.1 cm³/mol. The quantitative estimate of drug-likeness (QED) is 0.861. The minimum atomic E-state index is 0.000839. The molecule has 0 radical (unpaired) electrons. The van der Waals surface area contributed by atoms with Crippen LogP contribution >= 0.6 is 11.6 Å². The van der Waals surface area contributed by atoms with E-state index in [2.05, 4.69) is 5.32 Å². The van der Waals surface area contributed by atoms with E-state index < -0.39 is 0 Å². The highest BCUT2D eigenvalue weighted by molar-refractivity contribution is 6.32. The summed E-state index contributed by atoms with van der Waals surface area (Å²) in [7, 11) is 3.40. The van der Waals surface area contributed by atoms with Crippen molar-refractivity contribution in [3.8, 4) is 5.75 Å². The molecule has 0 bridgehead atoms. The average molecular weight is 242 g/mol. The molecule has 1 aromatic rings. The minimum absolute atomic E-state index is 0.000839. The number of hydrogen-bond donors (Lipinski definition) is 1. The molecule has 1 N–H and O–H groups in total. The van der Waals surface area contributed by atoms with Crippen LogP contribution in [0.3, 0.4) is 0 Å². The van der Waals surface area contributed by atoms with Crippen molar-refractivity contribution in [3.63, 3.8) is 0 Å². The Bertz CT molecular complexity index is 379. The zero-order valence-corrected chi connectivity index (χ0v) is 10.5. The Hall–Kier alpha value is -1.06. The molecule has 0 aromatic heterocycles. The van der Waals surface area contributed by atoms with E-state index in [0.717, 1.165) is 5.56 Å². The van der Waals surface area contributed by atoms with E-state index in [1.165, 1.54) is 0 Å². The molecule has 0 saturated heterocycles. The van der Waals surface area contributed by atoms with Crippen LogP contribution in [-0.2, 0) is 4.79 Å². The third-order valence-electron chi connectivity index (χ3n) is 2.42. The fraction of sp³-hybridized carbons (Fsp3) is 0.417. The number of rotatable bonds is 5. The number of ether oxygens (including phenoxy) is 1. The maximum Gasteiger partial charge on any atom is 0.137 e. The topological polar surface area (TPSA) is 38.3 Å². The number of methoxy groups -OCH3 is 1. The second-order valence-corrected chi connectivity index (χ2v) is 4.05. The minimum Gasteiger partial charge on any atom is -0.495 e.